The molecule has 110 valence electrons. The fourth-order valence-electron chi connectivity index (χ4n) is 1.48. The number of aromatic nitrogens is 2. The lowest BCUT2D eigenvalue weighted by Crippen LogP contribution is -1.97. The minimum atomic E-state index is -1.12. The predicted octanol–water partition coefficient (Wildman–Crippen LogP) is 2.31. The summed E-state index contributed by atoms with van der Waals surface area (Å²) in [4.78, 5) is 11.3. The largest absolute Gasteiger partial charge is 0.504 e. The number of nitrogens with zero attached hydrogens (tertiary/aromatic N) is 2. The minimum absolute atomic E-state index is 0.00592. The molecule has 0 unspecified atom stereocenters. The van der Waals surface area contributed by atoms with Gasteiger partial charge in [0.15, 0.2) is 11.5 Å². The number of phenolic OH excluding ortho intramolecular Hbond substituents is 1. The van der Waals surface area contributed by atoms with E-state index in [9.17, 15) is 15.0 Å². The fourth-order valence-corrected chi connectivity index (χ4v) is 2.20. The zero-order chi connectivity index (χ0) is 15.4. The van der Waals surface area contributed by atoms with Crippen LogP contribution in [0.4, 0.5) is 0 Å². The van der Waals surface area contributed by atoms with Gasteiger partial charge >= 0.3 is 5.97 Å². The number of phenols is 1. The molecule has 2 N–H and O–H groups in total. The molecular formula is C13H12N2O5S. The Morgan fingerprint density at radius 1 is 1.43 bits per heavy atom. The third kappa shape index (κ3) is 3.76. The molecular weight excluding hydrogens is 296 g/mol. The Morgan fingerprint density at radius 2 is 2.19 bits per heavy atom. The highest BCUT2D eigenvalue weighted by atomic mass is 32.2. The minimum Gasteiger partial charge on any atom is -0.504 e. The molecule has 0 fully saturated rings. The molecule has 1 aromatic carbocycles. The number of rotatable bonds is 5. The topological polar surface area (TPSA) is 106 Å². The number of carbonyl (C=O) groups is 1. The van der Waals surface area contributed by atoms with Gasteiger partial charge in [0.05, 0.1) is 7.11 Å². The Kier molecular flexibility index (Phi) is 4.49. The summed E-state index contributed by atoms with van der Waals surface area (Å²) in [6.07, 6.45) is 1.43. The number of aromatic hydroxyl groups is 1. The van der Waals surface area contributed by atoms with E-state index in [2.05, 4.69) is 10.2 Å². The summed E-state index contributed by atoms with van der Waals surface area (Å²) in [5, 5.41) is 26.3. The van der Waals surface area contributed by atoms with Gasteiger partial charge in [0, 0.05) is 6.92 Å². The molecule has 0 aliphatic rings. The molecule has 0 amide bonds. The Morgan fingerprint density at radius 3 is 2.76 bits per heavy atom. The smallest absolute Gasteiger partial charge is 0.342 e. The highest BCUT2D eigenvalue weighted by Gasteiger charge is 2.14. The van der Waals surface area contributed by atoms with Crippen molar-refractivity contribution in [3.8, 4) is 11.5 Å². The molecule has 0 bridgehead atoms. The first-order valence-electron chi connectivity index (χ1n) is 5.79. The highest BCUT2D eigenvalue weighted by Crippen LogP contribution is 2.31. The molecule has 1 aromatic heterocycles. The SMILES string of the molecule is COc1cc(/C=C(\Sc2nnc(C)o2)C(=O)O)ccc1O. The van der Waals surface area contributed by atoms with Crippen molar-refractivity contribution < 1.29 is 24.2 Å². The lowest BCUT2D eigenvalue weighted by molar-refractivity contribution is -0.131. The Bertz CT molecular complexity index is 696. The Hall–Kier alpha value is -2.48. The number of thioether (sulfide) groups is 1. The average Bonchev–Trinajstić information content (AvgIpc) is 2.85. The maximum Gasteiger partial charge on any atom is 0.342 e. The first-order valence-corrected chi connectivity index (χ1v) is 6.61. The van der Waals surface area contributed by atoms with Crippen LogP contribution < -0.4 is 4.74 Å². The fraction of sp³-hybridized carbons (Fsp3) is 0.154. The predicted molar refractivity (Wildman–Crippen MR) is 75.2 cm³/mol. The first-order chi connectivity index (χ1) is 9.99. The lowest BCUT2D eigenvalue weighted by Gasteiger charge is -2.04. The van der Waals surface area contributed by atoms with Crippen molar-refractivity contribution in [1.82, 2.24) is 10.2 Å². The first kappa shape index (κ1) is 14.9. The van der Waals surface area contributed by atoms with Crippen molar-refractivity contribution in [3.63, 3.8) is 0 Å². The average molecular weight is 308 g/mol. The van der Waals surface area contributed by atoms with Gasteiger partial charge in [0.2, 0.25) is 5.89 Å². The van der Waals surface area contributed by atoms with Crippen LogP contribution in [-0.2, 0) is 4.79 Å². The van der Waals surface area contributed by atoms with Crippen molar-refractivity contribution in [2.45, 2.75) is 12.1 Å². The van der Waals surface area contributed by atoms with E-state index in [0.717, 1.165) is 11.8 Å². The summed E-state index contributed by atoms with van der Waals surface area (Å²) < 4.78 is 10.1. The third-order valence-corrected chi connectivity index (χ3v) is 3.27. The molecule has 2 rings (SSSR count). The monoisotopic (exact) mass is 308 g/mol. The molecule has 2 aromatic rings. The zero-order valence-corrected chi connectivity index (χ0v) is 12.0. The number of aliphatic carboxylic acids is 1. The Labute approximate surface area is 124 Å². The molecule has 0 radical (unpaired) electrons. The molecule has 7 nitrogen and oxygen atoms in total. The summed E-state index contributed by atoms with van der Waals surface area (Å²) in [6.45, 7) is 1.62. The van der Waals surface area contributed by atoms with Gasteiger partial charge in [-0.1, -0.05) is 6.07 Å². The van der Waals surface area contributed by atoms with E-state index in [1.807, 2.05) is 0 Å². The van der Waals surface area contributed by atoms with E-state index in [-0.39, 0.29) is 21.6 Å². The lowest BCUT2D eigenvalue weighted by atomic mass is 10.2. The quantitative estimate of drug-likeness (QED) is 0.640. The van der Waals surface area contributed by atoms with Crippen LogP contribution in [0.25, 0.3) is 6.08 Å². The van der Waals surface area contributed by atoms with Crippen LogP contribution >= 0.6 is 11.8 Å². The standard InChI is InChI=1S/C13H12N2O5S/c1-7-14-15-13(20-7)21-11(12(17)18)6-8-3-4-9(16)10(5-8)19-2/h3-6,16H,1-2H3,(H,17,18)/b11-6-. The summed E-state index contributed by atoms with van der Waals surface area (Å²) in [7, 11) is 1.41. The zero-order valence-electron chi connectivity index (χ0n) is 11.2. The van der Waals surface area contributed by atoms with Crippen LogP contribution in [0.3, 0.4) is 0 Å². The van der Waals surface area contributed by atoms with Gasteiger partial charge in [-0.15, -0.1) is 10.2 Å². The summed E-state index contributed by atoms with van der Waals surface area (Å²) in [5.74, 6) is -0.532. The molecule has 0 aliphatic carbocycles. The van der Waals surface area contributed by atoms with Gasteiger partial charge in [0.1, 0.15) is 4.91 Å². The summed E-state index contributed by atoms with van der Waals surface area (Å²) in [6, 6.07) is 4.52. The van der Waals surface area contributed by atoms with Crippen molar-refractivity contribution >= 4 is 23.8 Å². The maximum absolute atomic E-state index is 11.3. The van der Waals surface area contributed by atoms with Crippen LogP contribution in [0.5, 0.6) is 11.5 Å². The number of hydrogen-bond donors (Lipinski definition) is 2. The molecule has 0 atom stereocenters. The number of ether oxygens (including phenoxy) is 1. The van der Waals surface area contributed by atoms with E-state index in [1.165, 1.54) is 25.3 Å². The van der Waals surface area contributed by atoms with E-state index < -0.39 is 5.97 Å². The van der Waals surface area contributed by atoms with E-state index in [0.29, 0.717) is 11.5 Å². The van der Waals surface area contributed by atoms with Crippen molar-refractivity contribution in [2.24, 2.45) is 0 Å². The van der Waals surface area contributed by atoms with Crippen LogP contribution in [-0.4, -0.2) is 33.5 Å². The number of carboxylic acid groups (broad SMARTS) is 1. The second-order valence-corrected chi connectivity index (χ2v) is 4.93. The molecule has 0 saturated heterocycles. The van der Waals surface area contributed by atoms with E-state index in [4.69, 9.17) is 9.15 Å². The number of benzene rings is 1. The second-order valence-electron chi connectivity index (χ2n) is 3.93. The van der Waals surface area contributed by atoms with Gasteiger partial charge in [-0.3, -0.25) is 0 Å². The normalized spacial score (nSPS) is 11.4. The van der Waals surface area contributed by atoms with Crippen LogP contribution in [0, 0.1) is 6.92 Å². The maximum atomic E-state index is 11.3. The second kappa shape index (κ2) is 6.31. The van der Waals surface area contributed by atoms with Crippen LogP contribution in [0.1, 0.15) is 11.5 Å². The molecule has 0 spiro atoms. The molecule has 0 saturated carbocycles. The number of carboxylic acids is 1. The molecule has 8 heteroatoms. The van der Waals surface area contributed by atoms with Crippen LogP contribution in [0.2, 0.25) is 0 Å². The van der Waals surface area contributed by atoms with Crippen molar-refractivity contribution in [2.75, 3.05) is 7.11 Å². The summed E-state index contributed by atoms with van der Waals surface area (Å²) >= 11 is 0.848. The van der Waals surface area contributed by atoms with E-state index in [1.54, 1.807) is 13.0 Å². The molecule has 1 heterocycles. The van der Waals surface area contributed by atoms with Gasteiger partial charge in [-0.25, -0.2) is 4.79 Å². The third-order valence-electron chi connectivity index (χ3n) is 2.42. The number of methoxy groups -OCH3 is 1. The summed E-state index contributed by atoms with van der Waals surface area (Å²) in [5.41, 5.74) is 0.561. The number of hydrogen-bond acceptors (Lipinski definition) is 7. The van der Waals surface area contributed by atoms with Crippen LogP contribution in [0.15, 0.2) is 32.7 Å². The Balaban J connectivity index is 2.31. The van der Waals surface area contributed by atoms with Gasteiger partial charge < -0.3 is 19.4 Å². The highest BCUT2D eigenvalue weighted by molar-refractivity contribution is 8.03. The molecule has 0 aliphatic heterocycles. The molecule has 21 heavy (non-hydrogen) atoms. The van der Waals surface area contributed by atoms with Gasteiger partial charge in [-0.05, 0) is 35.5 Å². The van der Waals surface area contributed by atoms with Gasteiger partial charge in [0.25, 0.3) is 5.22 Å². The van der Waals surface area contributed by atoms with Crippen molar-refractivity contribution in [3.05, 3.63) is 34.6 Å². The number of aryl methyl sites for hydroxylation is 1. The van der Waals surface area contributed by atoms with Gasteiger partial charge in [-0.2, -0.15) is 0 Å². The van der Waals surface area contributed by atoms with Crippen molar-refractivity contribution in [1.29, 1.82) is 0 Å². The van der Waals surface area contributed by atoms with E-state index >= 15 is 0 Å².